The van der Waals surface area contributed by atoms with Crippen LogP contribution in [-0.4, -0.2) is 9.13 Å². The number of hydrogen-bond donors (Lipinski definition) is 0. The molecule has 0 saturated carbocycles. The predicted molar refractivity (Wildman–Crippen MR) is 236 cm³/mol. The number of para-hydroxylation sites is 1. The number of aromatic nitrogens is 2. The Labute approximate surface area is 326 Å². The lowest BCUT2D eigenvalue weighted by Gasteiger charge is -2.35. The van der Waals surface area contributed by atoms with Gasteiger partial charge in [0, 0.05) is 38.1 Å². The van der Waals surface area contributed by atoms with Crippen molar-refractivity contribution >= 4 is 43.6 Å². The SMILES string of the molecule is CC1(C)c2ccccc2-c2cc3c4cc(-n5c6ccc(-c7ccccc7)cc6c6cc(-c7ccccc7)ccc65)cc5c4n(c3cc21)-c1ccccc1C5(C)C. The summed E-state index contributed by atoms with van der Waals surface area (Å²) in [6, 6.07) is 63.7. The molecular weight excluding hydrogens is 677 g/mol. The van der Waals surface area contributed by atoms with Crippen LogP contribution in [-0.2, 0) is 10.8 Å². The van der Waals surface area contributed by atoms with Crippen molar-refractivity contribution in [2.75, 3.05) is 0 Å². The molecule has 266 valence electrons. The quantitative estimate of drug-likeness (QED) is 0.172. The fraction of sp³-hybridized carbons (Fsp3) is 0.111. The van der Waals surface area contributed by atoms with Crippen LogP contribution >= 0.6 is 0 Å². The third-order valence-corrected chi connectivity index (χ3v) is 13.3. The van der Waals surface area contributed by atoms with Crippen LogP contribution in [0.15, 0.2) is 170 Å². The molecular formula is C54H40N2. The zero-order valence-corrected chi connectivity index (χ0v) is 32.1. The van der Waals surface area contributed by atoms with E-state index >= 15 is 0 Å². The number of hydrogen-bond acceptors (Lipinski definition) is 0. The van der Waals surface area contributed by atoms with Gasteiger partial charge in [0.25, 0.3) is 0 Å². The van der Waals surface area contributed by atoms with E-state index in [9.17, 15) is 0 Å². The van der Waals surface area contributed by atoms with E-state index in [0.29, 0.717) is 0 Å². The first-order chi connectivity index (χ1) is 27.3. The lowest BCUT2D eigenvalue weighted by atomic mass is 9.74. The maximum absolute atomic E-state index is 2.58. The highest BCUT2D eigenvalue weighted by atomic mass is 15.0. The van der Waals surface area contributed by atoms with Crippen molar-refractivity contribution in [1.82, 2.24) is 9.13 Å². The Hall–Kier alpha value is -6.64. The van der Waals surface area contributed by atoms with Gasteiger partial charge in [-0.3, -0.25) is 0 Å². The first-order valence-corrected chi connectivity index (χ1v) is 19.9. The monoisotopic (exact) mass is 716 g/mol. The van der Waals surface area contributed by atoms with Crippen LogP contribution in [0.2, 0.25) is 0 Å². The summed E-state index contributed by atoms with van der Waals surface area (Å²) in [6.07, 6.45) is 0. The van der Waals surface area contributed by atoms with Crippen molar-refractivity contribution in [3.63, 3.8) is 0 Å². The summed E-state index contributed by atoms with van der Waals surface area (Å²) in [5, 5.41) is 5.13. The minimum Gasteiger partial charge on any atom is -0.309 e. The second-order valence-corrected chi connectivity index (χ2v) is 17.0. The molecule has 56 heavy (non-hydrogen) atoms. The highest BCUT2D eigenvalue weighted by Gasteiger charge is 2.39. The zero-order chi connectivity index (χ0) is 37.5. The summed E-state index contributed by atoms with van der Waals surface area (Å²) in [4.78, 5) is 0. The number of nitrogens with zero attached hydrogens (tertiary/aromatic N) is 2. The van der Waals surface area contributed by atoms with E-state index in [1.54, 1.807) is 0 Å². The normalized spacial score (nSPS) is 14.7. The summed E-state index contributed by atoms with van der Waals surface area (Å²) >= 11 is 0. The van der Waals surface area contributed by atoms with Crippen LogP contribution in [0, 0.1) is 0 Å². The first kappa shape index (κ1) is 31.7. The Bertz CT molecular complexity index is 3180. The van der Waals surface area contributed by atoms with Gasteiger partial charge in [0.15, 0.2) is 0 Å². The van der Waals surface area contributed by atoms with Gasteiger partial charge in [-0.25, -0.2) is 0 Å². The summed E-state index contributed by atoms with van der Waals surface area (Å²) in [6.45, 7) is 9.60. The summed E-state index contributed by atoms with van der Waals surface area (Å²) in [7, 11) is 0. The van der Waals surface area contributed by atoms with Crippen molar-refractivity contribution in [3.05, 3.63) is 192 Å². The molecule has 2 nitrogen and oxygen atoms in total. The van der Waals surface area contributed by atoms with Gasteiger partial charge in [-0.15, -0.1) is 0 Å². The highest BCUT2D eigenvalue weighted by Crippen LogP contribution is 2.54. The second-order valence-electron chi connectivity index (χ2n) is 17.0. The van der Waals surface area contributed by atoms with Crippen LogP contribution < -0.4 is 0 Å². The molecule has 2 aromatic heterocycles. The van der Waals surface area contributed by atoms with Gasteiger partial charge in [-0.1, -0.05) is 143 Å². The molecule has 2 aliphatic rings. The smallest absolute Gasteiger partial charge is 0.0583 e. The average molecular weight is 717 g/mol. The van der Waals surface area contributed by atoms with Crippen molar-refractivity contribution in [3.8, 4) is 44.8 Å². The van der Waals surface area contributed by atoms with Gasteiger partial charge in [0.1, 0.15) is 0 Å². The summed E-state index contributed by atoms with van der Waals surface area (Å²) in [5.74, 6) is 0. The molecule has 0 N–H and O–H groups in total. The predicted octanol–water partition coefficient (Wildman–Crippen LogP) is 14.2. The topological polar surface area (TPSA) is 9.86 Å². The largest absolute Gasteiger partial charge is 0.309 e. The molecule has 0 fully saturated rings. The number of benzene rings is 8. The molecule has 0 amide bonds. The fourth-order valence-corrected chi connectivity index (χ4v) is 10.4. The van der Waals surface area contributed by atoms with Crippen LogP contribution in [0.25, 0.3) is 88.4 Å². The highest BCUT2D eigenvalue weighted by molar-refractivity contribution is 6.16. The van der Waals surface area contributed by atoms with Gasteiger partial charge in [-0.2, -0.15) is 0 Å². The maximum Gasteiger partial charge on any atom is 0.0583 e. The van der Waals surface area contributed by atoms with E-state index in [0.717, 1.165) is 0 Å². The number of rotatable bonds is 3. The van der Waals surface area contributed by atoms with Crippen LogP contribution in [0.4, 0.5) is 0 Å². The molecule has 0 atom stereocenters. The lowest BCUT2D eigenvalue weighted by molar-refractivity contribution is 0.629. The van der Waals surface area contributed by atoms with E-state index in [-0.39, 0.29) is 10.8 Å². The van der Waals surface area contributed by atoms with E-state index in [4.69, 9.17) is 0 Å². The molecule has 0 unspecified atom stereocenters. The lowest BCUT2D eigenvalue weighted by Crippen LogP contribution is -2.26. The van der Waals surface area contributed by atoms with Crippen LogP contribution in [0.3, 0.4) is 0 Å². The fourth-order valence-electron chi connectivity index (χ4n) is 10.4. The maximum atomic E-state index is 2.58. The van der Waals surface area contributed by atoms with E-state index in [1.807, 2.05) is 0 Å². The van der Waals surface area contributed by atoms with Gasteiger partial charge >= 0.3 is 0 Å². The third-order valence-electron chi connectivity index (χ3n) is 13.3. The molecule has 0 saturated heterocycles. The van der Waals surface area contributed by atoms with E-state index in [2.05, 4.69) is 207 Å². The van der Waals surface area contributed by atoms with Crippen LogP contribution in [0.1, 0.15) is 49.9 Å². The molecule has 8 aromatic carbocycles. The Kier molecular flexibility index (Phi) is 6.22. The van der Waals surface area contributed by atoms with Crippen LogP contribution in [0.5, 0.6) is 0 Å². The van der Waals surface area contributed by atoms with Gasteiger partial charge < -0.3 is 9.13 Å². The molecule has 1 aliphatic carbocycles. The van der Waals surface area contributed by atoms with Crippen molar-refractivity contribution in [2.24, 2.45) is 0 Å². The third kappa shape index (κ3) is 4.11. The molecule has 0 radical (unpaired) electrons. The molecule has 0 bridgehead atoms. The minimum atomic E-state index is -0.219. The van der Waals surface area contributed by atoms with E-state index in [1.165, 1.54) is 111 Å². The Balaban J connectivity index is 1.20. The molecule has 0 spiro atoms. The average Bonchev–Trinajstić information content (AvgIpc) is 3.82. The van der Waals surface area contributed by atoms with Gasteiger partial charge in [-0.05, 0) is 110 Å². The Morgan fingerprint density at radius 2 is 0.893 bits per heavy atom. The molecule has 3 heterocycles. The Morgan fingerprint density at radius 3 is 1.55 bits per heavy atom. The second kappa shape index (κ2) is 11.0. The summed E-state index contributed by atoms with van der Waals surface area (Å²) < 4.78 is 5.10. The number of fused-ring (bicyclic) bond motifs is 11. The van der Waals surface area contributed by atoms with Gasteiger partial charge in [0.05, 0.1) is 27.8 Å². The molecule has 12 rings (SSSR count). The van der Waals surface area contributed by atoms with E-state index < -0.39 is 0 Å². The van der Waals surface area contributed by atoms with Crippen molar-refractivity contribution in [2.45, 2.75) is 38.5 Å². The van der Waals surface area contributed by atoms with Gasteiger partial charge in [0.2, 0.25) is 0 Å². The van der Waals surface area contributed by atoms with Crippen molar-refractivity contribution < 1.29 is 0 Å². The zero-order valence-electron chi connectivity index (χ0n) is 32.1. The molecule has 2 heteroatoms. The summed E-state index contributed by atoms with van der Waals surface area (Å²) in [5.41, 5.74) is 20.3. The Morgan fingerprint density at radius 1 is 0.339 bits per heavy atom. The van der Waals surface area contributed by atoms with Crippen molar-refractivity contribution in [1.29, 1.82) is 0 Å². The first-order valence-electron chi connectivity index (χ1n) is 19.9. The molecule has 10 aromatic rings. The standard InChI is InChI=1S/C54H40N2/c1-53(2)44-20-12-11-19-38(44)39-31-42-43-29-37(30-47-52(43)56(51(42)32-46(39)53)50-22-14-13-21-45(50)54(47,3)4)55-48-25-23-35(33-15-7-5-8-16-33)27-40(48)41-28-36(24-26-49(41)55)34-17-9-6-10-18-34/h5-32H,1-4H3. The molecule has 1 aliphatic heterocycles. The minimum absolute atomic E-state index is 0.0848.